The molecule has 3 nitrogen and oxygen atoms in total. The molecule has 3 aromatic rings. The number of rotatable bonds is 3. The molecule has 0 bridgehead atoms. The molecule has 0 aliphatic heterocycles. The van der Waals surface area contributed by atoms with Crippen LogP contribution in [-0.2, 0) is 5.88 Å². The number of fused-ring (bicyclic) bond motifs is 1. The van der Waals surface area contributed by atoms with Crippen LogP contribution in [0.15, 0.2) is 48.7 Å². The van der Waals surface area contributed by atoms with Gasteiger partial charge in [-0.3, -0.25) is 4.98 Å². The zero-order valence-corrected chi connectivity index (χ0v) is 11.9. The predicted molar refractivity (Wildman–Crippen MR) is 80.6 cm³/mol. The maximum Gasteiger partial charge on any atom is 0.219 e. The number of nitrogens with zero attached hydrogens (tertiary/aromatic N) is 2. The summed E-state index contributed by atoms with van der Waals surface area (Å²) >= 11 is 11.8. The summed E-state index contributed by atoms with van der Waals surface area (Å²) in [5.74, 6) is 1.40. The molecule has 0 amide bonds. The van der Waals surface area contributed by atoms with Gasteiger partial charge < -0.3 is 4.74 Å². The molecule has 0 aliphatic rings. The minimum Gasteiger partial charge on any atom is -0.438 e. The molecule has 2 heterocycles. The van der Waals surface area contributed by atoms with E-state index in [4.69, 9.17) is 27.9 Å². The molecule has 0 saturated carbocycles. The first-order valence-corrected chi connectivity index (χ1v) is 6.92. The first-order valence-electron chi connectivity index (χ1n) is 6.01. The minimum absolute atomic E-state index is 0.243. The van der Waals surface area contributed by atoms with Crippen molar-refractivity contribution < 1.29 is 4.74 Å². The van der Waals surface area contributed by atoms with E-state index in [1.54, 1.807) is 18.3 Å². The molecule has 20 heavy (non-hydrogen) atoms. The number of ether oxygens (including phenoxy) is 1. The van der Waals surface area contributed by atoms with Gasteiger partial charge in [-0.2, -0.15) is 0 Å². The fourth-order valence-electron chi connectivity index (χ4n) is 1.89. The van der Waals surface area contributed by atoms with Gasteiger partial charge >= 0.3 is 0 Å². The molecule has 0 saturated heterocycles. The molecule has 0 fully saturated rings. The molecular formula is C15H10Cl2N2O. The molecule has 100 valence electrons. The van der Waals surface area contributed by atoms with Crippen molar-refractivity contribution in [1.82, 2.24) is 9.97 Å². The molecule has 0 unspecified atom stereocenters. The van der Waals surface area contributed by atoms with Gasteiger partial charge in [0, 0.05) is 17.6 Å². The summed E-state index contributed by atoms with van der Waals surface area (Å²) < 4.78 is 5.82. The third-order valence-electron chi connectivity index (χ3n) is 2.84. The summed E-state index contributed by atoms with van der Waals surface area (Å²) in [6, 6.07) is 13.0. The van der Waals surface area contributed by atoms with Crippen LogP contribution in [0.4, 0.5) is 0 Å². The summed E-state index contributed by atoms with van der Waals surface area (Å²) in [5.41, 5.74) is 1.47. The van der Waals surface area contributed by atoms with Crippen LogP contribution in [0.1, 0.15) is 5.69 Å². The molecule has 0 spiro atoms. The van der Waals surface area contributed by atoms with Crippen molar-refractivity contribution in [2.24, 2.45) is 0 Å². The van der Waals surface area contributed by atoms with Gasteiger partial charge in [0.15, 0.2) is 0 Å². The van der Waals surface area contributed by atoms with Crippen molar-refractivity contribution in [3.05, 3.63) is 59.4 Å². The van der Waals surface area contributed by atoms with Crippen molar-refractivity contribution >= 4 is 34.1 Å². The first kappa shape index (κ1) is 13.2. The van der Waals surface area contributed by atoms with Crippen molar-refractivity contribution in [1.29, 1.82) is 0 Å². The molecule has 5 heteroatoms. The highest BCUT2D eigenvalue weighted by Crippen LogP contribution is 2.29. The van der Waals surface area contributed by atoms with E-state index in [9.17, 15) is 0 Å². The van der Waals surface area contributed by atoms with E-state index >= 15 is 0 Å². The molecule has 0 N–H and O–H groups in total. The smallest absolute Gasteiger partial charge is 0.219 e. The van der Waals surface area contributed by atoms with Gasteiger partial charge in [0.25, 0.3) is 0 Å². The molecule has 3 rings (SSSR count). The Balaban J connectivity index is 2.01. The Bertz CT molecular complexity index is 756. The van der Waals surface area contributed by atoms with Crippen LogP contribution < -0.4 is 4.74 Å². The van der Waals surface area contributed by atoms with Gasteiger partial charge in [0.2, 0.25) is 5.88 Å². The van der Waals surface area contributed by atoms with Crippen LogP contribution in [0.25, 0.3) is 10.9 Å². The van der Waals surface area contributed by atoms with E-state index in [2.05, 4.69) is 9.97 Å². The second kappa shape index (κ2) is 5.65. The van der Waals surface area contributed by atoms with Crippen molar-refractivity contribution in [2.75, 3.05) is 0 Å². The van der Waals surface area contributed by atoms with Gasteiger partial charge in [-0.25, -0.2) is 4.98 Å². The maximum atomic E-state index is 5.98. The maximum absolute atomic E-state index is 5.98. The summed E-state index contributed by atoms with van der Waals surface area (Å²) in [6.45, 7) is 0. The van der Waals surface area contributed by atoms with Crippen LogP contribution in [0, 0.1) is 0 Å². The van der Waals surface area contributed by atoms with Crippen LogP contribution >= 0.6 is 23.2 Å². The number of benzene rings is 1. The zero-order chi connectivity index (χ0) is 13.9. The Morgan fingerprint density at radius 2 is 1.95 bits per heavy atom. The topological polar surface area (TPSA) is 35.0 Å². The first-order chi connectivity index (χ1) is 9.78. The lowest BCUT2D eigenvalue weighted by Gasteiger charge is -2.09. The van der Waals surface area contributed by atoms with Crippen molar-refractivity contribution in [3.63, 3.8) is 0 Å². The number of alkyl halides is 1. The zero-order valence-electron chi connectivity index (χ0n) is 10.4. The average molecular weight is 305 g/mol. The lowest BCUT2D eigenvalue weighted by Crippen LogP contribution is -1.93. The second-order valence-electron chi connectivity index (χ2n) is 4.14. The minimum atomic E-state index is 0.243. The largest absolute Gasteiger partial charge is 0.438 e. The Morgan fingerprint density at radius 1 is 1.05 bits per heavy atom. The predicted octanol–water partition coefficient (Wildman–Crippen LogP) is 4.81. The van der Waals surface area contributed by atoms with Gasteiger partial charge in [0.05, 0.1) is 22.1 Å². The van der Waals surface area contributed by atoms with E-state index < -0.39 is 0 Å². The lowest BCUT2D eigenvalue weighted by molar-refractivity contribution is 0.466. The quantitative estimate of drug-likeness (QED) is 0.651. The lowest BCUT2D eigenvalue weighted by atomic mass is 10.2. The fourth-order valence-corrected chi connectivity index (χ4v) is 2.34. The molecule has 2 aromatic heterocycles. The molecular weight excluding hydrogens is 295 g/mol. The normalized spacial score (nSPS) is 10.7. The number of hydrogen-bond acceptors (Lipinski definition) is 3. The number of aromatic nitrogens is 2. The van der Waals surface area contributed by atoms with Gasteiger partial charge in [0.1, 0.15) is 5.75 Å². The standard InChI is InChI=1S/C15H10Cl2N2O/c16-9-13-11(17)6-7-15(19-13)20-14-5-1-4-12-10(14)3-2-8-18-12/h1-8H,9H2. The van der Waals surface area contributed by atoms with Gasteiger partial charge in [-0.05, 0) is 30.3 Å². The molecule has 1 aromatic carbocycles. The van der Waals surface area contributed by atoms with Crippen LogP contribution in [0.5, 0.6) is 11.6 Å². The molecule has 0 radical (unpaired) electrons. The summed E-state index contributed by atoms with van der Waals surface area (Å²) in [7, 11) is 0. The summed E-state index contributed by atoms with van der Waals surface area (Å²) in [6.07, 6.45) is 1.75. The third kappa shape index (κ3) is 2.55. The van der Waals surface area contributed by atoms with Crippen molar-refractivity contribution in [2.45, 2.75) is 5.88 Å². The Labute approximate surface area is 126 Å². The Morgan fingerprint density at radius 3 is 2.80 bits per heavy atom. The highest BCUT2D eigenvalue weighted by Gasteiger charge is 2.07. The van der Waals surface area contributed by atoms with E-state index in [-0.39, 0.29) is 5.88 Å². The second-order valence-corrected chi connectivity index (χ2v) is 4.81. The summed E-state index contributed by atoms with van der Waals surface area (Å²) in [4.78, 5) is 8.58. The monoisotopic (exact) mass is 304 g/mol. The van der Waals surface area contributed by atoms with Crippen LogP contribution in [0.3, 0.4) is 0 Å². The number of pyridine rings is 2. The van der Waals surface area contributed by atoms with Crippen molar-refractivity contribution in [3.8, 4) is 11.6 Å². The average Bonchev–Trinajstić information content (AvgIpc) is 2.49. The van der Waals surface area contributed by atoms with Gasteiger partial charge in [-0.1, -0.05) is 17.7 Å². The molecule has 0 atom stereocenters. The van der Waals surface area contributed by atoms with E-state index in [1.807, 2.05) is 30.3 Å². The SMILES string of the molecule is ClCc1nc(Oc2cccc3ncccc23)ccc1Cl. The summed E-state index contributed by atoms with van der Waals surface area (Å²) in [5, 5.41) is 1.46. The van der Waals surface area contributed by atoms with E-state index in [0.717, 1.165) is 10.9 Å². The number of halogens is 2. The third-order valence-corrected chi connectivity index (χ3v) is 3.44. The van der Waals surface area contributed by atoms with Gasteiger partial charge in [-0.15, -0.1) is 11.6 Å². The van der Waals surface area contributed by atoms with E-state index in [0.29, 0.717) is 22.3 Å². The Kier molecular flexibility index (Phi) is 3.72. The Hall–Kier alpha value is -1.84. The highest BCUT2D eigenvalue weighted by molar-refractivity contribution is 6.32. The van der Waals surface area contributed by atoms with E-state index in [1.165, 1.54) is 0 Å². The van der Waals surface area contributed by atoms with Crippen LogP contribution in [0.2, 0.25) is 5.02 Å². The fraction of sp³-hybridized carbons (Fsp3) is 0.0667. The molecule has 0 aliphatic carbocycles. The highest BCUT2D eigenvalue weighted by atomic mass is 35.5. The number of hydrogen-bond donors (Lipinski definition) is 0. The van der Waals surface area contributed by atoms with Crippen LogP contribution in [-0.4, -0.2) is 9.97 Å².